The van der Waals surface area contributed by atoms with Gasteiger partial charge in [0.2, 0.25) is 0 Å². The van der Waals surface area contributed by atoms with E-state index < -0.39 is 0 Å². The predicted octanol–water partition coefficient (Wildman–Crippen LogP) is 4.68. The van der Waals surface area contributed by atoms with E-state index >= 15 is 0 Å². The first kappa shape index (κ1) is 17.0. The van der Waals surface area contributed by atoms with Crippen molar-refractivity contribution in [2.45, 2.75) is 90.0 Å². The smallest absolute Gasteiger partial charge is 0.0480 e. The molecule has 1 aliphatic heterocycles. The molecule has 0 aromatic heterocycles. The van der Waals surface area contributed by atoms with Gasteiger partial charge in [-0.3, -0.25) is 0 Å². The van der Waals surface area contributed by atoms with E-state index in [1.807, 2.05) is 0 Å². The van der Waals surface area contributed by atoms with Crippen LogP contribution in [0.5, 0.6) is 0 Å². The summed E-state index contributed by atoms with van der Waals surface area (Å²) < 4.78 is 5.37. The third-order valence-corrected chi connectivity index (χ3v) is 4.18. The second kappa shape index (κ2) is 12.9. The number of nitrogens with one attached hydrogen (secondary N) is 1. The van der Waals surface area contributed by atoms with Crippen LogP contribution in [0.2, 0.25) is 0 Å². The Morgan fingerprint density at radius 3 is 1.89 bits per heavy atom. The molecule has 0 radical (unpaired) electrons. The van der Waals surface area contributed by atoms with Crippen LogP contribution in [0.15, 0.2) is 0 Å². The Morgan fingerprint density at radius 1 is 0.789 bits per heavy atom. The number of hydrogen-bond acceptors (Lipinski definition) is 2. The highest BCUT2D eigenvalue weighted by atomic mass is 16.5. The van der Waals surface area contributed by atoms with Crippen molar-refractivity contribution in [1.82, 2.24) is 5.32 Å². The van der Waals surface area contributed by atoms with Crippen molar-refractivity contribution >= 4 is 0 Å². The van der Waals surface area contributed by atoms with Crippen LogP contribution in [0, 0.1) is 0 Å². The Bertz CT molecular complexity index is 178. The van der Waals surface area contributed by atoms with E-state index in [2.05, 4.69) is 12.2 Å². The molecule has 0 unspecified atom stereocenters. The zero-order valence-corrected chi connectivity index (χ0v) is 13.1. The second-order valence-electron chi connectivity index (χ2n) is 6.02. The van der Waals surface area contributed by atoms with E-state index in [-0.39, 0.29) is 0 Å². The summed E-state index contributed by atoms with van der Waals surface area (Å²) in [7, 11) is 0. The van der Waals surface area contributed by atoms with Gasteiger partial charge in [-0.2, -0.15) is 0 Å². The molecule has 0 bridgehead atoms. The van der Waals surface area contributed by atoms with Crippen molar-refractivity contribution in [1.29, 1.82) is 0 Å². The lowest BCUT2D eigenvalue weighted by molar-refractivity contribution is 0.0780. The van der Waals surface area contributed by atoms with Crippen molar-refractivity contribution < 1.29 is 4.74 Å². The van der Waals surface area contributed by atoms with Crippen LogP contribution in [-0.4, -0.2) is 25.8 Å². The lowest BCUT2D eigenvalue weighted by Crippen LogP contribution is -2.35. The van der Waals surface area contributed by atoms with Crippen molar-refractivity contribution in [2.75, 3.05) is 19.8 Å². The fourth-order valence-corrected chi connectivity index (χ4v) is 2.82. The van der Waals surface area contributed by atoms with E-state index in [4.69, 9.17) is 4.74 Å². The quantitative estimate of drug-likeness (QED) is 0.520. The molecule has 1 N–H and O–H groups in total. The van der Waals surface area contributed by atoms with Gasteiger partial charge >= 0.3 is 0 Å². The summed E-state index contributed by atoms with van der Waals surface area (Å²) in [6.45, 7) is 5.40. The van der Waals surface area contributed by atoms with Gasteiger partial charge in [-0.15, -0.1) is 0 Å². The first-order valence-corrected chi connectivity index (χ1v) is 8.74. The highest BCUT2D eigenvalue weighted by molar-refractivity contribution is 4.69. The number of hydrogen-bond donors (Lipinski definition) is 1. The maximum atomic E-state index is 5.37. The first-order chi connectivity index (χ1) is 9.43. The molecular formula is C17H35NO. The Morgan fingerprint density at radius 2 is 1.32 bits per heavy atom. The van der Waals surface area contributed by atoms with Crippen LogP contribution >= 0.6 is 0 Å². The molecule has 19 heavy (non-hydrogen) atoms. The zero-order chi connectivity index (χ0) is 13.6. The highest BCUT2D eigenvalue weighted by Crippen LogP contribution is 2.11. The van der Waals surface area contributed by atoms with Crippen LogP contribution in [0.1, 0.15) is 84.0 Å². The van der Waals surface area contributed by atoms with Crippen LogP contribution in [0.4, 0.5) is 0 Å². The number of rotatable bonds is 12. The van der Waals surface area contributed by atoms with E-state index in [0.717, 1.165) is 19.3 Å². The summed E-state index contributed by atoms with van der Waals surface area (Å²) in [6, 6.07) is 0.729. The lowest BCUT2D eigenvalue weighted by atomic mass is 10.1. The predicted molar refractivity (Wildman–Crippen MR) is 83.7 cm³/mol. The molecule has 1 aliphatic rings. The van der Waals surface area contributed by atoms with Gasteiger partial charge in [0.25, 0.3) is 0 Å². The van der Waals surface area contributed by atoms with E-state index in [0.29, 0.717) is 0 Å². The third kappa shape index (κ3) is 10.4. The number of unbranched alkanes of at least 4 members (excludes halogenated alkanes) is 9. The number of ether oxygens (including phenoxy) is 1. The normalized spacial score (nSPS) is 16.9. The molecule has 0 spiro atoms. The molecule has 2 heteroatoms. The zero-order valence-electron chi connectivity index (χ0n) is 13.1. The topological polar surface area (TPSA) is 21.3 Å². The van der Waals surface area contributed by atoms with Crippen LogP contribution in [0.3, 0.4) is 0 Å². The summed E-state index contributed by atoms with van der Waals surface area (Å²) in [5.41, 5.74) is 0. The molecule has 114 valence electrons. The molecule has 0 amide bonds. The van der Waals surface area contributed by atoms with Gasteiger partial charge in [-0.05, 0) is 25.8 Å². The molecule has 0 aromatic carbocycles. The first-order valence-electron chi connectivity index (χ1n) is 8.74. The summed E-state index contributed by atoms with van der Waals surface area (Å²) in [5, 5.41) is 3.67. The van der Waals surface area contributed by atoms with Crippen LogP contribution < -0.4 is 5.32 Å². The maximum absolute atomic E-state index is 5.37. The minimum atomic E-state index is 0.729. The summed E-state index contributed by atoms with van der Waals surface area (Å²) in [6.07, 6.45) is 16.7. The van der Waals surface area contributed by atoms with Gasteiger partial charge in [-0.25, -0.2) is 0 Å². The largest absolute Gasteiger partial charge is 0.381 e. The summed E-state index contributed by atoms with van der Waals surface area (Å²) in [4.78, 5) is 0. The Balaban J connectivity index is 1.71. The Labute approximate surface area is 120 Å². The van der Waals surface area contributed by atoms with Crippen molar-refractivity contribution in [3.63, 3.8) is 0 Å². The lowest BCUT2D eigenvalue weighted by Gasteiger charge is -2.23. The summed E-state index contributed by atoms with van der Waals surface area (Å²) >= 11 is 0. The Kier molecular flexibility index (Phi) is 11.5. The van der Waals surface area contributed by atoms with Crippen molar-refractivity contribution in [3.05, 3.63) is 0 Å². The third-order valence-electron chi connectivity index (χ3n) is 4.18. The van der Waals surface area contributed by atoms with E-state index in [9.17, 15) is 0 Å². The standard InChI is InChI=1S/C17H35NO/c1-2-3-4-5-6-7-8-9-10-11-14-18-17-12-15-19-16-13-17/h17-18H,2-16H2,1H3. The molecule has 1 fully saturated rings. The van der Waals surface area contributed by atoms with E-state index in [1.54, 1.807) is 0 Å². The van der Waals surface area contributed by atoms with Gasteiger partial charge in [0.1, 0.15) is 0 Å². The molecule has 0 saturated carbocycles. The fraction of sp³-hybridized carbons (Fsp3) is 1.00. The Hall–Kier alpha value is -0.0800. The molecule has 1 heterocycles. The SMILES string of the molecule is CCCCCCCCCCCCNC1CCOCC1. The van der Waals surface area contributed by atoms with Crippen molar-refractivity contribution in [3.8, 4) is 0 Å². The molecule has 0 aromatic rings. The van der Waals surface area contributed by atoms with Crippen LogP contribution in [0.25, 0.3) is 0 Å². The average Bonchev–Trinajstić information content (AvgIpc) is 2.46. The molecule has 0 aliphatic carbocycles. The second-order valence-corrected chi connectivity index (χ2v) is 6.02. The monoisotopic (exact) mass is 269 g/mol. The molecule has 1 rings (SSSR count). The van der Waals surface area contributed by atoms with Gasteiger partial charge < -0.3 is 10.1 Å². The molecule has 2 nitrogen and oxygen atoms in total. The van der Waals surface area contributed by atoms with Gasteiger partial charge in [0, 0.05) is 19.3 Å². The van der Waals surface area contributed by atoms with Crippen LogP contribution in [-0.2, 0) is 4.74 Å². The summed E-state index contributed by atoms with van der Waals surface area (Å²) in [5.74, 6) is 0. The minimum absolute atomic E-state index is 0.729. The molecule has 0 atom stereocenters. The van der Waals surface area contributed by atoms with E-state index in [1.165, 1.54) is 83.6 Å². The van der Waals surface area contributed by atoms with Gasteiger partial charge in [0.15, 0.2) is 0 Å². The molecular weight excluding hydrogens is 234 g/mol. The minimum Gasteiger partial charge on any atom is -0.381 e. The van der Waals surface area contributed by atoms with Gasteiger partial charge in [0.05, 0.1) is 0 Å². The van der Waals surface area contributed by atoms with Gasteiger partial charge in [-0.1, -0.05) is 64.7 Å². The molecule has 1 saturated heterocycles. The highest BCUT2D eigenvalue weighted by Gasteiger charge is 2.11. The fourth-order valence-electron chi connectivity index (χ4n) is 2.82. The average molecular weight is 269 g/mol. The maximum Gasteiger partial charge on any atom is 0.0480 e. The van der Waals surface area contributed by atoms with Crippen molar-refractivity contribution in [2.24, 2.45) is 0 Å².